The van der Waals surface area contributed by atoms with Crippen LogP contribution in [0.4, 0.5) is 0 Å². The van der Waals surface area contributed by atoms with Crippen molar-refractivity contribution < 1.29 is 14.3 Å². The molecule has 0 aliphatic rings. The van der Waals surface area contributed by atoms with Gasteiger partial charge in [0.2, 0.25) is 0 Å². The van der Waals surface area contributed by atoms with Crippen LogP contribution in [0.25, 0.3) is 0 Å². The number of ether oxygens (including phenoxy) is 2. The Labute approximate surface area is 132 Å². The summed E-state index contributed by atoms with van der Waals surface area (Å²) in [6, 6.07) is 9.43. The minimum Gasteiger partial charge on any atom is -0.459 e. The summed E-state index contributed by atoms with van der Waals surface area (Å²) in [4.78, 5) is 13.9. The first-order valence-corrected chi connectivity index (χ1v) is 7.26. The molecule has 0 aliphatic carbocycles. The van der Waals surface area contributed by atoms with Gasteiger partial charge in [0, 0.05) is 20.2 Å². The molecule has 0 amide bonds. The summed E-state index contributed by atoms with van der Waals surface area (Å²) in [6.45, 7) is 7.55. The summed E-state index contributed by atoms with van der Waals surface area (Å²) >= 11 is 0. The zero-order chi connectivity index (χ0) is 16.6. The molecule has 0 aliphatic heterocycles. The molecule has 1 aromatic rings. The van der Waals surface area contributed by atoms with Gasteiger partial charge < -0.3 is 9.47 Å². The molecule has 0 N–H and O–H groups in total. The molecule has 5 nitrogen and oxygen atoms in total. The number of rotatable bonds is 7. The van der Waals surface area contributed by atoms with E-state index in [9.17, 15) is 4.79 Å². The minimum absolute atomic E-state index is 0.209. The summed E-state index contributed by atoms with van der Waals surface area (Å²) in [5.74, 6) is -0.253. The maximum Gasteiger partial charge on any atom is 0.320 e. The summed E-state index contributed by atoms with van der Waals surface area (Å²) in [7, 11) is 1.63. The van der Waals surface area contributed by atoms with Crippen LogP contribution in [-0.4, -0.2) is 43.3 Å². The van der Waals surface area contributed by atoms with Crippen LogP contribution in [0.2, 0.25) is 0 Å². The van der Waals surface area contributed by atoms with Gasteiger partial charge in [-0.2, -0.15) is 5.26 Å². The smallest absolute Gasteiger partial charge is 0.320 e. The molecule has 0 atom stereocenters. The van der Waals surface area contributed by atoms with Gasteiger partial charge in [-0.25, -0.2) is 0 Å². The quantitative estimate of drug-likeness (QED) is 0.724. The molecule has 0 heterocycles. The number of benzene rings is 1. The van der Waals surface area contributed by atoms with Crippen LogP contribution < -0.4 is 0 Å². The predicted octanol–water partition coefficient (Wildman–Crippen LogP) is 2.35. The highest BCUT2D eigenvalue weighted by Gasteiger charge is 2.19. The van der Waals surface area contributed by atoms with Crippen LogP contribution in [0.5, 0.6) is 0 Å². The topological polar surface area (TPSA) is 62.6 Å². The molecule has 0 aromatic heterocycles. The Kier molecular flexibility index (Phi) is 7.03. The number of hydrogen-bond acceptors (Lipinski definition) is 5. The number of nitrogens with zero attached hydrogens (tertiary/aromatic N) is 2. The molecular weight excluding hydrogens is 280 g/mol. The summed E-state index contributed by atoms with van der Waals surface area (Å²) < 4.78 is 10.5. The second kappa shape index (κ2) is 8.52. The van der Waals surface area contributed by atoms with Crippen molar-refractivity contribution in [1.82, 2.24) is 4.90 Å². The van der Waals surface area contributed by atoms with Crippen molar-refractivity contribution in [2.75, 3.05) is 26.8 Å². The molecular formula is C17H24N2O3. The number of methoxy groups -OCH3 is 1. The second-order valence-electron chi connectivity index (χ2n) is 6.10. The molecule has 0 radical (unpaired) electrons. The number of carbonyl (C=O) groups excluding carboxylic acids is 1. The van der Waals surface area contributed by atoms with Crippen molar-refractivity contribution in [3.63, 3.8) is 0 Å². The van der Waals surface area contributed by atoms with E-state index < -0.39 is 5.60 Å². The highest BCUT2D eigenvalue weighted by molar-refractivity contribution is 5.72. The number of esters is 1. The van der Waals surface area contributed by atoms with Crippen LogP contribution in [0.1, 0.15) is 31.9 Å². The van der Waals surface area contributed by atoms with Gasteiger partial charge in [-0.1, -0.05) is 12.1 Å². The van der Waals surface area contributed by atoms with E-state index in [1.807, 2.05) is 37.8 Å². The Hall–Kier alpha value is -1.90. The second-order valence-corrected chi connectivity index (χ2v) is 6.10. The van der Waals surface area contributed by atoms with E-state index in [0.717, 1.165) is 5.56 Å². The van der Waals surface area contributed by atoms with Crippen molar-refractivity contribution in [3.8, 4) is 6.07 Å². The lowest BCUT2D eigenvalue weighted by Crippen LogP contribution is -2.36. The molecule has 1 aromatic carbocycles. The average molecular weight is 304 g/mol. The Balaban J connectivity index is 2.66. The Morgan fingerprint density at radius 1 is 1.27 bits per heavy atom. The number of hydrogen-bond donors (Lipinski definition) is 0. The summed E-state index contributed by atoms with van der Waals surface area (Å²) in [5, 5.41) is 8.82. The number of carbonyl (C=O) groups is 1. The lowest BCUT2D eigenvalue weighted by molar-refractivity contribution is -0.156. The molecule has 0 bridgehead atoms. The normalized spacial score (nSPS) is 11.3. The lowest BCUT2D eigenvalue weighted by Gasteiger charge is -2.25. The standard InChI is InChI=1S/C17H24N2O3/c1-17(2,3)22-16(20)13-19(9-10-21-4)12-15-7-5-14(11-18)6-8-15/h5-8H,9-10,12-13H2,1-4H3. The van der Waals surface area contributed by atoms with Crippen LogP contribution in [0.15, 0.2) is 24.3 Å². The average Bonchev–Trinajstić information content (AvgIpc) is 2.43. The van der Waals surface area contributed by atoms with Gasteiger partial charge in [0.05, 0.1) is 24.8 Å². The molecule has 0 saturated heterocycles. The maximum absolute atomic E-state index is 12.0. The van der Waals surface area contributed by atoms with E-state index in [0.29, 0.717) is 25.3 Å². The zero-order valence-corrected chi connectivity index (χ0v) is 13.8. The van der Waals surface area contributed by atoms with Gasteiger partial charge in [-0.3, -0.25) is 9.69 Å². The van der Waals surface area contributed by atoms with Crippen molar-refractivity contribution in [2.24, 2.45) is 0 Å². The van der Waals surface area contributed by atoms with Gasteiger partial charge in [-0.05, 0) is 38.5 Å². The van der Waals surface area contributed by atoms with Crippen molar-refractivity contribution in [2.45, 2.75) is 32.9 Å². The third kappa shape index (κ3) is 7.21. The number of nitriles is 1. The Morgan fingerprint density at radius 2 is 1.91 bits per heavy atom. The van der Waals surface area contributed by atoms with Crippen molar-refractivity contribution in [1.29, 1.82) is 5.26 Å². The van der Waals surface area contributed by atoms with E-state index in [1.54, 1.807) is 19.2 Å². The third-order valence-electron chi connectivity index (χ3n) is 2.87. The largest absolute Gasteiger partial charge is 0.459 e. The molecule has 0 spiro atoms. The fourth-order valence-corrected chi connectivity index (χ4v) is 1.93. The minimum atomic E-state index is -0.488. The lowest BCUT2D eigenvalue weighted by atomic mass is 10.1. The monoisotopic (exact) mass is 304 g/mol. The first kappa shape index (κ1) is 18.1. The van der Waals surface area contributed by atoms with Crippen LogP contribution >= 0.6 is 0 Å². The van der Waals surface area contributed by atoms with E-state index >= 15 is 0 Å². The Bertz CT molecular complexity index is 512. The first-order chi connectivity index (χ1) is 10.3. The van der Waals surface area contributed by atoms with Crippen molar-refractivity contribution >= 4 is 5.97 Å². The van der Waals surface area contributed by atoms with Gasteiger partial charge in [0.1, 0.15) is 5.60 Å². The molecule has 22 heavy (non-hydrogen) atoms. The SMILES string of the molecule is COCCN(CC(=O)OC(C)(C)C)Cc1ccc(C#N)cc1. The van der Waals surface area contributed by atoms with E-state index in [2.05, 4.69) is 6.07 Å². The van der Waals surface area contributed by atoms with E-state index in [1.165, 1.54) is 0 Å². The van der Waals surface area contributed by atoms with Gasteiger partial charge in [0.15, 0.2) is 0 Å². The first-order valence-electron chi connectivity index (χ1n) is 7.26. The third-order valence-corrected chi connectivity index (χ3v) is 2.87. The molecule has 0 saturated carbocycles. The Morgan fingerprint density at radius 3 is 2.41 bits per heavy atom. The molecule has 0 unspecified atom stereocenters. The highest BCUT2D eigenvalue weighted by atomic mass is 16.6. The maximum atomic E-state index is 12.0. The highest BCUT2D eigenvalue weighted by Crippen LogP contribution is 2.10. The zero-order valence-electron chi connectivity index (χ0n) is 13.8. The fourth-order valence-electron chi connectivity index (χ4n) is 1.93. The molecule has 0 fully saturated rings. The molecule has 5 heteroatoms. The van der Waals surface area contributed by atoms with Gasteiger partial charge in [-0.15, -0.1) is 0 Å². The molecule has 1 rings (SSSR count). The van der Waals surface area contributed by atoms with Crippen LogP contribution in [0, 0.1) is 11.3 Å². The predicted molar refractivity (Wildman–Crippen MR) is 84.2 cm³/mol. The summed E-state index contributed by atoms with van der Waals surface area (Å²) in [6.07, 6.45) is 0. The molecule has 120 valence electrons. The van der Waals surface area contributed by atoms with Crippen LogP contribution in [0.3, 0.4) is 0 Å². The fraction of sp³-hybridized carbons (Fsp3) is 0.529. The van der Waals surface area contributed by atoms with E-state index in [-0.39, 0.29) is 12.5 Å². The van der Waals surface area contributed by atoms with E-state index in [4.69, 9.17) is 14.7 Å². The van der Waals surface area contributed by atoms with Crippen molar-refractivity contribution in [3.05, 3.63) is 35.4 Å². The van der Waals surface area contributed by atoms with Crippen LogP contribution in [-0.2, 0) is 20.8 Å². The van der Waals surface area contributed by atoms with Gasteiger partial charge >= 0.3 is 5.97 Å². The summed E-state index contributed by atoms with van der Waals surface area (Å²) in [5.41, 5.74) is 1.18. The van der Waals surface area contributed by atoms with Gasteiger partial charge in [0.25, 0.3) is 0 Å².